The first kappa shape index (κ1) is 26.2. The van der Waals surface area contributed by atoms with Crippen molar-refractivity contribution < 1.29 is 27.9 Å². The molecule has 0 saturated heterocycles. The van der Waals surface area contributed by atoms with E-state index < -0.39 is 35.9 Å². The van der Waals surface area contributed by atoms with Crippen LogP contribution in [0.3, 0.4) is 0 Å². The van der Waals surface area contributed by atoms with Gasteiger partial charge in [0.25, 0.3) is 5.56 Å². The summed E-state index contributed by atoms with van der Waals surface area (Å²) < 4.78 is 44.1. The highest BCUT2D eigenvalue weighted by Crippen LogP contribution is 2.21. The van der Waals surface area contributed by atoms with Crippen LogP contribution in [0, 0.1) is 17.5 Å². The van der Waals surface area contributed by atoms with Gasteiger partial charge in [0.15, 0.2) is 0 Å². The number of carbonyl (C=O) groups is 2. The highest BCUT2D eigenvalue weighted by molar-refractivity contribution is 5.94. The van der Waals surface area contributed by atoms with Crippen molar-refractivity contribution in [3.8, 4) is 0 Å². The summed E-state index contributed by atoms with van der Waals surface area (Å²) in [5.74, 6) is -3.42. The topological polar surface area (TPSA) is 123 Å². The monoisotopic (exact) mass is 517 g/mol. The van der Waals surface area contributed by atoms with Crippen LogP contribution in [0.1, 0.15) is 32.7 Å². The zero-order chi connectivity index (χ0) is 26.7. The maximum Gasteiger partial charge on any atom is 0.271 e. The van der Waals surface area contributed by atoms with E-state index >= 15 is 0 Å². The van der Waals surface area contributed by atoms with Gasteiger partial charge < -0.3 is 16.2 Å². The average Bonchev–Trinajstić information content (AvgIpc) is 3.09. The van der Waals surface area contributed by atoms with Crippen molar-refractivity contribution >= 4 is 11.8 Å². The van der Waals surface area contributed by atoms with Crippen molar-refractivity contribution in [2.75, 3.05) is 19.7 Å². The Kier molecular flexibility index (Phi) is 7.79. The first-order valence-electron chi connectivity index (χ1n) is 11.6. The number of nitrogens with zero attached hydrogens (tertiary/aromatic N) is 3. The molecule has 1 aromatic heterocycles. The predicted molar refractivity (Wildman–Crippen MR) is 127 cm³/mol. The molecule has 3 aromatic rings. The predicted octanol–water partition coefficient (Wildman–Crippen LogP) is 0.881. The van der Waals surface area contributed by atoms with Gasteiger partial charge in [0, 0.05) is 49.9 Å². The summed E-state index contributed by atoms with van der Waals surface area (Å²) in [5.41, 5.74) is 6.99. The molecule has 196 valence electrons. The second-order valence-corrected chi connectivity index (χ2v) is 8.82. The summed E-state index contributed by atoms with van der Waals surface area (Å²) in [4.78, 5) is 38.8. The number of benzene rings is 2. The number of aliphatic hydroxyl groups is 1. The third-order valence-corrected chi connectivity index (χ3v) is 6.27. The van der Waals surface area contributed by atoms with Crippen molar-refractivity contribution in [3.05, 3.63) is 92.2 Å². The smallest absolute Gasteiger partial charge is 0.271 e. The lowest BCUT2D eigenvalue weighted by molar-refractivity contribution is -0.123. The minimum Gasteiger partial charge on any atom is -0.387 e. The van der Waals surface area contributed by atoms with Crippen molar-refractivity contribution in [1.29, 1.82) is 0 Å². The van der Waals surface area contributed by atoms with Gasteiger partial charge in [0.2, 0.25) is 11.8 Å². The molecule has 0 unspecified atom stereocenters. The van der Waals surface area contributed by atoms with Gasteiger partial charge >= 0.3 is 0 Å². The van der Waals surface area contributed by atoms with Gasteiger partial charge in [-0.15, -0.1) is 0 Å². The van der Waals surface area contributed by atoms with E-state index in [1.807, 2.05) is 4.90 Å². The van der Waals surface area contributed by atoms with Crippen LogP contribution >= 0.6 is 0 Å². The number of amides is 2. The molecule has 0 atom stereocenters. The molecule has 0 aliphatic carbocycles. The summed E-state index contributed by atoms with van der Waals surface area (Å²) in [5, 5.41) is 11.5. The van der Waals surface area contributed by atoms with E-state index in [-0.39, 0.29) is 43.8 Å². The quantitative estimate of drug-likeness (QED) is 0.389. The summed E-state index contributed by atoms with van der Waals surface area (Å²) >= 11 is 0. The van der Waals surface area contributed by atoms with E-state index in [0.717, 1.165) is 12.1 Å². The standard InChI is InChI=1S/C25H26F3N5O4/c26-17-2-1-16(20(10-17)24(29)36)12-33-25(37)21-13-31(11-15-7-18(27)9-19(28)8-15)5-3-22(21)32(33)6-4-30-23(35)14-34/h1-2,7-10,34H,3-6,11-14H2,(H2,29,36)(H,30,35). The summed E-state index contributed by atoms with van der Waals surface area (Å²) in [6, 6.07) is 6.84. The first-order valence-corrected chi connectivity index (χ1v) is 11.6. The molecule has 0 spiro atoms. The van der Waals surface area contributed by atoms with E-state index in [4.69, 9.17) is 10.8 Å². The molecule has 12 heteroatoms. The molecule has 37 heavy (non-hydrogen) atoms. The molecule has 4 N–H and O–H groups in total. The van der Waals surface area contributed by atoms with Crippen molar-refractivity contribution in [2.45, 2.75) is 32.6 Å². The largest absolute Gasteiger partial charge is 0.387 e. The van der Waals surface area contributed by atoms with Gasteiger partial charge in [-0.25, -0.2) is 17.9 Å². The molecule has 1 aliphatic rings. The lowest BCUT2D eigenvalue weighted by Gasteiger charge is -2.27. The van der Waals surface area contributed by atoms with Crippen molar-refractivity contribution in [2.24, 2.45) is 5.73 Å². The molecule has 0 bridgehead atoms. The van der Waals surface area contributed by atoms with Gasteiger partial charge in [-0.05, 0) is 35.4 Å². The number of nitrogens with one attached hydrogen (secondary N) is 1. The molecule has 0 saturated carbocycles. The fourth-order valence-electron chi connectivity index (χ4n) is 4.64. The lowest BCUT2D eigenvalue weighted by atomic mass is 10.1. The van der Waals surface area contributed by atoms with Crippen LogP contribution in [-0.2, 0) is 37.4 Å². The normalized spacial score (nSPS) is 13.4. The SMILES string of the molecule is NC(=O)c1cc(F)ccc1Cn1c(=O)c2c(n1CCNC(=O)CO)CCN(Cc1cc(F)cc(F)c1)C2. The molecular formula is C25H26F3N5O4. The van der Waals surface area contributed by atoms with Gasteiger partial charge in [0.05, 0.1) is 18.7 Å². The number of hydrogen-bond acceptors (Lipinski definition) is 5. The van der Waals surface area contributed by atoms with Crippen molar-refractivity contribution in [1.82, 2.24) is 19.6 Å². The third kappa shape index (κ3) is 5.92. The van der Waals surface area contributed by atoms with E-state index in [9.17, 15) is 27.6 Å². The Balaban J connectivity index is 1.67. The minimum atomic E-state index is -0.839. The summed E-state index contributed by atoms with van der Waals surface area (Å²) in [7, 11) is 0. The van der Waals surface area contributed by atoms with Gasteiger partial charge in [-0.3, -0.25) is 24.0 Å². The number of fused-ring (bicyclic) bond motifs is 1. The van der Waals surface area contributed by atoms with Gasteiger partial charge in [0.1, 0.15) is 24.1 Å². The van der Waals surface area contributed by atoms with E-state index in [1.165, 1.54) is 28.9 Å². The first-order chi connectivity index (χ1) is 17.7. The highest BCUT2D eigenvalue weighted by Gasteiger charge is 2.27. The zero-order valence-electron chi connectivity index (χ0n) is 19.8. The number of halogens is 3. The number of rotatable bonds is 9. The molecular weight excluding hydrogens is 491 g/mol. The zero-order valence-corrected chi connectivity index (χ0v) is 19.8. The Labute approximate surface area is 209 Å². The molecule has 4 rings (SSSR count). The van der Waals surface area contributed by atoms with Gasteiger partial charge in [-0.2, -0.15) is 0 Å². The number of aromatic nitrogens is 2. The highest BCUT2D eigenvalue weighted by atomic mass is 19.1. The average molecular weight is 518 g/mol. The molecule has 0 fully saturated rings. The fraction of sp³-hybridized carbons (Fsp3) is 0.320. The van der Waals surface area contributed by atoms with Crippen LogP contribution in [0.2, 0.25) is 0 Å². The number of nitrogens with two attached hydrogens (primary N) is 1. The Hall–Kier alpha value is -3.90. The minimum absolute atomic E-state index is 0.0547. The molecule has 2 heterocycles. The Morgan fingerprint density at radius 2 is 1.73 bits per heavy atom. The van der Waals surface area contributed by atoms with Crippen LogP contribution in [0.15, 0.2) is 41.2 Å². The fourth-order valence-corrected chi connectivity index (χ4v) is 4.64. The molecule has 2 aromatic carbocycles. The van der Waals surface area contributed by atoms with Gasteiger partial charge in [-0.1, -0.05) is 6.07 Å². The Morgan fingerprint density at radius 3 is 2.41 bits per heavy atom. The molecule has 2 amide bonds. The number of carbonyl (C=O) groups excluding carboxylic acids is 2. The van der Waals surface area contributed by atoms with Crippen LogP contribution < -0.4 is 16.6 Å². The maximum absolute atomic E-state index is 13.7. The Bertz CT molecular complexity index is 1380. The van der Waals surface area contributed by atoms with Crippen LogP contribution in [0.25, 0.3) is 0 Å². The number of hydrogen-bond donors (Lipinski definition) is 3. The maximum atomic E-state index is 13.7. The van der Waals surface area contributed by atoms with E-state index in [0.29, 0.717) is 35.3 Å². The molecule has 0 radical (unpaired) electrons. The van der Waals surface area contributed by atoms with Crippen LogP contribution in [-0.4, -0.2) is 50.9 Å². The second kappa shape index (κ2) is 11.0. The van der Waals surface area contributed by atoms with Crippen LogP contribution in [0.5, 0.6) is 0 Å². The number of primary amides is 1. The number of aliphatic hydroxyl groups excluding tert-OH is 1. The van der Waals surface area contributed by atoms with Crippen LogP contribution in [0.4, 0.5) is 13.2 Å². The molecule has 9 nitrogen and oxygen atoms in total. The summed E-state index contributed by atoms with van der Waals surface area (Å²) in [6.45, 7) is 0.512. The summed E-state index contributed by atoms with van der Waals surface area (Å²) in [6.07, 6.45) is 0.440. The lowest BCUT2D eigenvalue weighted by Crippen LogP contribution is -2.33. The van der Waals surface area contributed by atoms with E-state index in [1.54, 1.807) is 4.68 Å². The Morgan fingerprint density at radius 1 is 1.00 bits per heavy atom. The second-order valence-electron chi connectivity index (χ2n) is 8.82. The van der Waals surface area contributed by atoms with Crippen molar-refractivity contribution in [3.63, 3.8) is 0 Å². The molecule has 1 aliphatic heterocycles. The third-order valence-electron chi connectivity index (χ3n) is 6.27. The van der Waals surface area contributed by atoms with E-state index in [2.05, 4.69) is 5.32 Å².